The third-order valence-electron chi connectivity index (χ3n) is 4.25. The van der Waals surface area contributed by atoms with Crippen LogP contribution in [0, 0.1) is 16.7 Å². The van der Waals surface area contributed by atoms with Crippen LogP contribution in [0.4, 0.5) is 4.79 Å². The van der Waals surface area contributed by atoms with Gasteiger partial charge in [-0.1, -0.05) is 22.0 Å². The van der Waals surface area contributed by atoms with Crippen LogP contribution in [0.3, 0.4) is 0 Å². The smallest absolute Gasteiger partial charge is 0.410 e. The highest BCUT2D eigenvalue weighted by molar-refractivity contribution is 9.10. The van der Waals surface area contributed by atoms with Gasteiger partial charge in [-0.3, -0.25) is 0 Å². The summed E-state index contributed by atoms with van der Waals surface area (Å²) in [5, 5.41) is 9.65. The molecule has 5 nitrogen and oxygen atoms in total. The van der Waals surface area contributed by atoms with Gasteiger partial charge in [0, 0.05) is 24.0 Å². The van der Waals surface area contributed by atoms with E-state index in [0.717, 1.165) is 10.2 Å². The maximum Gasteiger partial charge on any atom is 0.410 e. The average molecular weight is 409 g/mol. The van der Waals surface area contributed by atoms with Crippen LogP contribution in [0.25, 0.3) is 0 Å². The fourth-order valence-electron chi connectivity index (χ4n) is 2.78. The number of nitriles is 1. The zero-order chi connectivity index (χ0) is 18.5. The second-order valence-electron chi connectivity index (χ2n) is 7.42. The van der Waals surface area contributed by atoms with Crippen molar-refractivity contribution in [3.8, 4) is 11.8 Å². The maximum absolute atomic E-state index is 12.1. The standard InChI is InChI=1S/C19H25BrN2O3/c1-18(2,3)25-17(23)22-10-7-19(14-21,8-11-22)9-12-24-16-6-4-5-15(20)13-16/h4-6,13H,7-12H2,1-3H3. The predicted molar refractivity (Wildman–Crippen MR) is 99.3 cm³/mol. The van der Waals surface area contributed by atoms with Gasteiger partial charge in [0.05, 0.1) is 18.1 Å². The van der Waals surface area contributed by atoms with Gasteiger partial charge in [0.25, 0.3) is 0 Å². The number of benzene rings is 1. The van der Waals surface area contributed by atoms with E-state index >= 15 is 0 Å². The summed E-state index contributed by atoms with van der Waals surface area (Å²) in [6.07, 6.45) is 1.64. The van der Waals surface area contributed by atoms with Gasteiger partial charge in [0.2, 0.25) is 0 Å². The molecule has 6 heteroatoms. The van der Waals surface area contributed by atoms with E-state index in [4.69, 9.17) is 9.47 Å². The number of rotatable bonds is 4. The van der Waals surface area contributed by atoms with Crippen LogP contribution in [0.15, 0.2) is 28.7 Å². The molecule has 1 aliphatic rings. The topological polar surface area (TPSA) is 62.6 Å². The molecule has 0 unspecified atom stereocenters. The number of carbonyl (C=O) groups excluding carboxylic acids is 1. The highest BCUT2D eigenvalue weighted by Crippen LogP contribution is 2.35. The van der Waals surface area contributed by atoms with E-state index in [1.807, 2.05) is 45.0 Å². The summed E-state index contributed by atoms with van der Waals surface area (Å²) in [7, 11) is 0. The number of nitrogens with zero attached hydrogens (tertiary/aromatic N) is 2. The Labute approximate surface area is 158 Å². The molecule has 1 aromatic carbocycles. The molecule has 0 spiro atoms. The summed E-state index contributed by atoms with van der Waals surface area (Å²) in [4.78, 5) is 13.8. The van der Waals surface area contributed by atoms with Crippen molar-refractivity contribution in [1.29, 1.82) is 5.26 Å². The van der Waals surface area contributed by atoms with Crippen LogP contribution in [0.5, 0.6) is 5.75 Å². The van der Waals surface area contributed by atoms with Crippen molar-refractivity contribution in [2.24, 2.45) is 5.41 Å². The van der Waals surface area contributed by atoms with E-state index in [1.165, 1.54) is 0 Å². The number of ether oxygens (including phenoxy) is 2. The Balaban J connectivity index is 1.84. The monoisotopic (exact) mass is 408 g/mol. The summed E-state index contributed by atoms with van der Waals surface area (Å²) < 4.78 is 12.1. The molecular formula is C19H25BrN2O3. The van der Waals surface area contributed by atoms with E-state index in [1.54, 1.807) is 4.90 Å². The Kier molecular flexibility index (Phi) is 6.34. The van der Waals surface area contributed by atoms with Gasteiger partial charge in [-0.25, -0.2) is 4.79 Å². The van der Waals surface area contributed by atoms with E-state index in [-0.39, 0.29) is 6.09 Å². The van der Waals surface area contributed by atoms with Crippen molar-refractivity contribution in [3.63, 3.8) is 0 Å². The summed E-state index contributed by atoms with van der Waals surface area (Å²) in [6, 6.07) is 10.1. The fourth-order valence-corrected chi connectivity index (χ4v) is 3.16. The van der Waals surface area contributed by atoms with Gasteiger partial charge in [0.1, 0.15) is 11.4 Å². The maximum atomic E-state index is 12.1. The molecule has 0 aliphatic carbocycles. The summed E-state index contributed by atoms with van der Waals surface area (Å²) in [5.41, 5.74) is -0.941. The summed E-state index contributed by atoms with van der Waals surface area (Å²) in [5.74, 6) is 0.786. The van der Waals surface area contributed by atoms with Crippen LogP contribution in [0.1, 0.15) is 40.0 Å². The Morgan fingerprint density at radius 2 is 2.04 bits per heavy atom. The van der Waals surface area contributed by atoms with Gasteiger partial charge in [0.15, 0.2) is 0 Å². The molecule has 25 heavy (non-hydrogen) atoms. The van der Waals surface area contributed by atoms with Gasteiger partial charge >= 0.3 is 6.09 Å². The molecule has 0 bridgehead atoms. The minimum Gasteiger partial charge on any atom is -0.493 e. The second kappa shape index (κ2) is 8.09. The van der Waals surface area contributed by atoms with E-state index in [0.29, 0.717) is 39.0 Å². The molecular weight excluding hydrogens is 384 g/mol. The Hall–Kier alpha value is -1.74. The van der Waals surface area contributed by atoms with Crippen molar-refractivity contribution in [2.75, 3.05) is 19.7 Å². The van der Waals surface area contributed by atoms with E-state index < -0.39 is 11.0 Å². The third-order valence-corrected chi connectivity index (χ3v) is 4.75. The number of amides is 1. The largest absolute Gasteiger partial charge is 0.493 e. The first kappa shape index (κ1) is 19.6. The molecule has 1 fully saturated rings. The van der Waals surface area contributed by atoms with E-state index in [2.05, 4.69) is 22.0 Å². The molecule has 0 aromatic heterocycles. The number of piperidine rings is 1. The lowest BCUT2D eigenvalue weighted by molar-refractivity contribution is 0.0134. The first-order valence-corrected chi connectivity index (χ1v) is 9.30. The molecule has 1 aliphatic heterocycles. The number of hydrogen-bond acceptors (Lipinski definition) is 4. The van der Waals surface area contributed by atoms with Crippen LogP contribution in [0.2, 0.25) is 0 Å². The summed E-state index contributed by atoms with van der Waals surface area (Å²) in [6.45, 7) is 7.13. The Morgan fingerprint density at radius 3 is 2.60 bits per heavy atom. The minimum atomic E-state index is -0.501. The van der Waals surface area contributed by atoms with Crippen molar-refractivity contribution in [2.45, 2.75) is 45.6 Å². The van der Waals surface area contributed by atoms with Gasteiger partial charge in [-0.2, -0.15) is 5.26 Å². The van der Waals surface area contributed by atoms with Crippen molar-refractivity contribution in [1.82, 2.24) is 4.90 Å². The fraction of sp³-hybridized carbons (Fsp3) is 0.579. The van der Waals surface area contributed by atoms with Crippen LogP contribution in [-0.2, 0) is 4.74 Å². The highest BCUT2D eigenvalue weighted by atomic mass is 79.9. The number of carbonyl (C=O) groups is 1. The van der Waals surface area contributed by atoms with Crippen LogP contribution < -0.4 is 4.74 Å². The summed E-state index contributed by atoms with van der Waals surface area (Å²) >= 11 is 3.41. The number of likely N-dealkylation sites (tertiary alicyclic amines) is 1. The normalized spacial score (nSPS) is 16.8. The van der Waals surface area contributed by atoms with Crippen molar-refractivity contribution in [3.05, 3.63) is 28.7 Å². The van der Waals surface area contributed by atoms with Gasteiger partial charge < -0.3 is 14.4 Å². The molecule has 1 heterocycles. The van der Waals surface area contributed by atoms with Crippen molar-refractivity contribution >= 4 is 22.0 Å². The molecule has 0 saturated carbocycles. The van der Waals surface area contributed by atoms with Gasteiger partial charge in [-0.05, 0) is 51.8 Å². The first-order chi connectivity index (χ1) is 11.7. The molecule has 136 valence electrons. The lowest BCUT2D eigenvalue weighted by Gasteiger charge is -2.37. The molecule has 1 saturated heterocycles. The third kappa shape index (κ3) is 5.93. The van der Waals surface area contributed by atoms with Gasteiger partial charge in [-0.15, -0.1) is 0 Å². The van der Waals surface area contributed by atoms with Crippen LogP contribution >= 0.6 is 15.9 Å². The number of hydrogen-bond donors (Lipinski definition) is 0. The Bertz CT molecular complexity index is 641. The lowest BCUT2D eigenvalue weighted by Crippen LogP contribution is -2.45. The Morgan fingerprint density at radius 1 is 1.36 bits per heavy atom. The molecule has 0 N–H and O–H groups in total. The zero-order valence-electron chi connectivity index (χ0n) is 15.0. The second-order valence-corrected chi connectivity index (χ2v) is 8.33. The molecule has 1 aromatic rings. The predicted octanol–water partition coefficient (Wildman–Crippen LogP) is 4.76. The molecule has 0 radical (unpaired) electrons. The van der Waals surface area contributed by atoms with E-state index in [9.17, 15) is 10.1 Å². The van der Waals surface area contributed by atoms with Crippen molar-refractivity contribution < 1.29 is 14.3 Å². The molecule has 2 rings (SSSR count). The number of halogens is 1. The van der Waals surface area contributed by atoms with Crippen LogP contribution in [-0.4, -0.2) is 36.3 Å². The lowest BCUT2D eigenvalue weighted by atomic mass is 9.77. The molecule has 1 amide bonds. The zero-order valence-corrected chi connectivity index (χ0v) is 16.6. The minimum absolute atomic E-state index is 0.301. The molecule has 0 atom stereocenters. The average Bonchev–Trinajstić information content (AvgIpc) is 2.54. The first-order valence-electron chi connectivity index (χ1n) is 8.51. The SMILES string of the molecule is CC(C)(C)OC(=O)N1CCC(C#N)(CCOc2cccc(Br)c2)CC1. The quantitative estimate of drug-likeness (QED) is 0.720. The highest BCUT2D eigenvalue weighted by Gasteiger charge is 2.37.